The van der Waals surface area contributed by atoms with Crippen molar-refractivity contribution >= 4 is 21.8 Å². The minimum atomic E-state index is -0.156. The van der Waals surface area contributed by atoms with Gasteiger partial charge in [-0.3, -0.25) is 4.79 Å². The Morgan fingerprint density at radius 3 is 2.86 bits per heavy atom. The number of carbonyl (C=O) groups excluding carboxylic acids is 1. The second kappa shape index (κ2) is 5.20. The fourth-order valence-electron chi connectivity index (χ4n) is 1.24. The van der Waals surface area contributed by atoms with Crippen LogP contribution in [0.2, 0.25) is 0 Å². The second-order valence-electron chi connectivity index (χ2n) is 3.27. The molecule has 0 radical (unpaired) electrons. The van der Waals surface area contributed by atoms with Crippen LogP contribution in [0.3, 0.4) is 0 Å². The maximum absolute atomic E-state index is 11.5. The summed E-state index contributed by atoms with van der Waals surface area (Å²) in [5.74, 6) is 0.191. The molecule has 1 amide bonds. The van der Waals surface area contributed by atoms with Crippen molar-refractivity contribution in [1.29, 1.82) is 0 Å². The van der Waals surface area contributed by atoms with Gasteiger partial charge in [0.05, 0.1) is 0 Å². The third kappa shape index (κ3) is 3.18. The van der Waals surface area contributed by atoms with Gasteiger partial charge in [0, 0.05) is 6.04 Å². The maximum atomic E-state index is 11.5. The smallest absolute Gasteiger partial charge is 0.287 e. The number of hydrogen-bond donors (Lipinski definition) is 1. The molecule has 0 unspecified atom stereocenters. The highest BCUT2D eigenvalue weighted by atomic mass is 79.9. The lowest BCUT2D eigenvalue weighted by atomic mass is 10.2. The molecule has 0 aliphatic carbocycles. The number of furan rings is 1. The Hall–Kier alpha value is -0.770. The number of amides is 1. The first-order valence-corrected chi connectivity index (χ1v) is 5.49. The van der Waals surface area contributed by atoms with Gasteiger partial charge in [0.25, 0.3) is 5.91 Å². The van der Waals surface area contributed by atoms with Gasteiger partial charge in [-0.2, -0.15) is 0 Å². The van der Waals surface area contributed by atoms with Crippen molar-refractivity contribution < 1.29 is 9.21 Å². The van der Waals surface area contributed by atoms with Crippen LogP contribution in [0.5, 0.6) is 0 Å². The number of carbonyl (C=O) groups is 1. The fraction of sp³-hybridized carbons (Fsp3) is 0.500. The third-order valence-electron chi connectivity index (χ3n) is 1.90. The van der Waals surface area contributed by atoms with Gasteiger partial charge in [-0.1, -0.05) is 13.3 Å². The van der Waals surface area contributed by atoms with Crippen molar-refractivity contribution in [3.8, 4) is 0 Å². The zero-order chi connectivity index (χ0) is 10.6. The predicted molar refractivity (Wildman–Crippen MR) is 58.2 cm³/mol. The van der Waals surface area contributed by atoms with Gasteiger partial charge in [0.2, 0.25) is 0 Å². The molecule has 0 aromatic carbocycles. The molecule has 14 heavy (non-hydrogen) atoms. The maximum Gasteiger partial charge on any atom is 0.287 e. The summed E-state index contributed by atoms with van der Waals surface area (Å²) < 4.78 is 5.70. The van der Waals surface area contributed by atoms with Crippen LogP contribution in [-0.4, -0.2) is 11.9 Å². The largest absolute Gasteiger partial charge is 0.444 e. The number of nitrogens with one attached hydrogen (secondary N) is 1. The van der Waals surface area contributed by atoms with E-state index in [0.717, 1.165) is 12.8 Å². The highest BCUT2D eigenvalue weighted by Gasteiger charge is 2.12. The lowest BCUT2D eigenvalue weighted by Gasteiger charge is -2.10. The summed E-state index contributed by atoms with van der Waals surface area (Å²) in [5, 5.41) is 2.86. The molecule has 1 heterocycles. The van der Waals surface area contributed by atoms with Crippen molar-refractivity contribution in [2.24, 2.45) is 0 Å². The quantitative estimate of drug-likeness (QED) is 0.904. The van der Waals surface area contributed by atoms with E-state index in [1.54, 1.807) is 12.1 Å². The van der Waals surface area contributed by atoms with Crippen molar-refractivity contribution in [3.05, 3.63) is 22.6 Å². The minimum Gasteiger partial charge on any atom is -0.444 e. The molecule has 0 aliphatic rings. The standard InChI is InChI=1S/C10H14BrNO2/c1-3-4-7(2)12-10(13)8-5-6-9(11)14-8/h5-7H,3-4H2,1-2H3,(H,12,13)/t7-/m1/s1. The first kappa shape index (κ1) is 11.3. The molecule has 4 heteroatoms. The van der Waals surface area contributed by atoms with Crippen LogP contribution in [0.15, 0.2) is 21.2 Å². The SMILES string of the molecule is CCC[C@@H](C)NC(=O)c1ccc(Br)o1. The molecule has 1 atom stereocenters. The van der Waals surface area contributed by atoms with Gasteiger partial charge in [-0.05, 0) is 41.4 Å². The fourth-order valence-corrected chi connectivity index (χ4v) is 1.54. The van der Waals surface area contributed by atoms with Crippen LogP contribution < -0.4 is 5.32 Å². The van der Waals surface area contributed by atoms with Crippen molar-refractivity contribution in [2.45, 2.75) is 32.7 Å². The molecule has 0 saturated carbocycles. The van der Waals surface area contributed by atoms with E-state index in [0.29, 0.717) is 10.4 Å². The van der Waals surface area contributed by atoms with Crippen LogP contribution in [-0.2, 0) is 0 Å². The summed E-state index contributed by atoms with van der Waals surface area (Å²) in [7, 11) is 0. The van der Waals surface area contributed by atoms with Gasteiger partial charge in [0.1, 0.15) is 0 Å². The molecular weight excluding hydrogens is 246 g/mol. The minimum absolute atomic E-state index is 0.156. The van der Waals surface area contributed by atoms with E-state index < -0.39 is 0 Å². The Balaban J connectivity index is 2.50. The van der Waals surface area contributed by atoms with Crippen LogP contribution >= 0.6 is 15.9 Å². The highest BCUT2D eigenvalue weighted by molar-refractivity contribution is 9.10. The molecular formula is C10H14BrNO2. The van der Waals surface area contributed by atoms with Crippen LogP contribution in [0, 0.1) is 0 Å². The molecule has 1 aromatic rings. The van der Waals surface area contributed by atoms with E-state index in [1.165, 1.54) is 0 Å². The molecule has 1 N–H and O–H groups in total. The molecule has 0 bridgehead atoms. The Kier molecular flexibility index (Phi) is 4.20. The van der Waals surface area contributed by atoms with Crippen LogP contribution in [0.4, 0.5) is 0 Å². The van der Waals surface area contributed by atoms with Crippen LogP contribution in [0.25, 0.3) is 0 Å². The van der Waals surface area contributed by atoms with E-state index in [2.05, 4.69) is 28.2 Å². The lowest BCUT2D eigenvalue weighted by Crippen LogP contribution is -2.32. The molecule has 78 valence electrons. The van der Waals surface area contributed by atoms with Crippen molar-refractivity contribution in [1.82, 2.24) is 5.32 Å². The van der Waals surface area contributed by atoms with E-state index in [-0.39, 0.29) is 11.9 Å². The summed E-state index contributed by atoms with van der Waals surface area (Å²) in [6.07, 6.45) is 2.04. The van der Waals surface area contributed by atoms with Crippen molar-refractivity contribution in [3.63, 3.8) is 0 Å². The Bertz CT molecular complexity index is 309. The highest BCUT2D eigenvalue weighted by Crippen LogP contribution is 2.14. The molecule has 1 aromatic heterocycles. The second-order valence-corrected chi connectivity index (χ2v) is 4.05. The number of hydrogen-bond acceptors (Lipinski definition) is 2. The Labute approximate surface area is 92.0 Å². The van der Waals surface area contributed by atoms with E-state index in [9.17, 15) is 4.79 Å². The van der Waals surface area contributed by atoms with Gasteiger partial charge in [0.15, 0.2) is 10.4 Å². The first-order valence-electron chi connectivity index (χ1n) is 4.69. The zero-order valence-corrected chi connectivity index (χ0v) is 9.93. The molecule has 3 nitrogen and oxygen atoms in total. The van der Waals surface area contributed by atoms with Gasteiger partial charge < -0.3 is 9.73 Å². The summed E-state index contributed by atoms with van der Waals surface area (Å²) >= 11 is 3.15. The van der Waals surface area contributed by atoms with E-state index in [1.807, 2.05) is 6.92 Å². The molecule has 0 spiro atoms. The Morgan fingerprint density at radius 1 is 1.64 bits per heavy atom. The zero-order valence-electron chi connectivity index (χ0n) is 8.34. The van der Waals surface area contributed by atoms with E-state index >= 15 is 0 Å². The van der Waals surface area contributed by atoms with Gasteiger partial charge in [-0.15, -0.1) is 0 Å². The molecule has 0 aliphatic heterocycles. The average molecular weight is 260 g/mol. The third-order valence-corrected chi connectivity index (χ3v) is 2.32. The van der Waals surface area contributed by atoms with Gasteiger partial charge in [-0.25, -0.2) is 0 Å². The topological polar surface area (TPSA) is 42.2 Å². The molecule has 1 rings (SSSR count). The lowest BCUT2D eigenvalue weighted by molar-refractivity contribution is 0.0909. The average Bonchev–Trinajstić information content (AvgIpc) is 2.52. The van der Waals surface area contributed by atoms with Crippen LogP contribution in [0.1, 0.15) is 37.2 Å². The van der Waals surface area contributed by atoms with Gasteiger partial charge >= 0.3 is 0 Å². The molecule has 0 saturated heterocycles. The number of halogens is 1. The summed E-state index contributed by atoms with van der Waals surface area (Å²) in [5.41, 5.74) is 0. The first-order chi connectivity index (χ1) is 6.63. The number of rotatable bonds is 4. The normalized spacial score (nSPS) is 12.5. The monoisotopic (exact) mass is 259 g/mol. The summed E-state index contributed by atoms with van der Waals surface area (Å²) in [6, 6.07) is 3.55. The summed E-state index contributed by atoms with van der Waals surface area (Å²) in [6.45, 7) is 4.07. The Morgan fingerprint density at radius 2 is 2.36 bits per heavy atom. The predicted octanol–water partition coefficient (Wildman–Crippen LogP) is 2.96. The van der Waals surface area contributed by atoms with Crippen molar-refractivity contribution in [2.75, 3.05) is 0 Å². The summed E-state index contributed by atoms with van der Waals surface area (Å²) in [4.78, 5) is 11.5. The van der Waals surface area contributed by atoms with E-state index in [4.69, 9.17) is 4.42 Å². The molecule has 0 fully saturated rings.